The second-order valence-corrected chi connectivity index (χ2v) is 8.36. The highest BCUT2D eigenvalue weighted by Crippen LogP contribution is 2.20. The summed E-state index contributed by atoms with van der Waals surface area (Å²) in [4.78, 5) is 0.337. The average molecular weight is 360 g/mol. The predicted molar refractivity (Wildman–Crippen MR) is 93.1 cm³/mol. The Kier molecular flexibility index (Phi) is 4.96. The van der Waals surface area contributed by atoms with E-state index in [1.165, 1.54) is 11.8 Å². The lowest BCUT2D eigenvalue weighted by Gasteiger charge is -2.06. The zero-order chi connectivity index (χ0) is 17.0. The van der Waals surface area contributed by atoms with Gasteiger partial charge in [-0.25, -0.2) is 8.42 Å². The van der Waals surface area contributed by atoms with Crippen LogP contribution < -0.4 is 0 Å². The number of thioether (sulfide) groups is 1. The molecule has 0 N–H and O–H groups in total. The summed E-state index contributed by atoms with van der Waals surface area (Å²) in [5, 5.41) is 12.2. The van der Waals surface area contributed by atoms with Crippen molar-refractivity contribution in [1.29, 1.82) is 0 Å². The fourth-order valence-corrected chi connectivity index (χ4v) is 4.66. The third-order valence-corrected chi connectivity index (χ3v) is 6.32. The van der Waals surface area contributed by atoms with Gasteiger partial charge < -0.3 is 0 Å². The van der Waals surface area contributed by atoms with E-state index in [4.69, 9.17) is 0 Å². The quantitative estimate of drug-likeness (QED) is 0.629. The summed E-state index contributed by atoms with van der Waals surface area (Å²) in [6.45, 7) is 2.01. The second kappa shape index (κ2) is 7.14. The van der Waals surface area contributed by atoms with E-state index in [1.54, 1.807) is 35.0 Å². The van der Waals surface area contributed by atoms with Crippen molar-refractivity contribution >= 4 is 21.6 Å². The highest BCUT2D eigenvalue weighted by atomic mass is 32.2. The van der Waals surface area contributed by atoms with Crippen LogP contribution in [0.5, 0.6) is 0 Å². The van der Waals surface area contributed by atoms with Gasteiger partial charge in [0.2, 0.25) is 5.16 Å². The van der Waals surface area contributed by atoms with Gasteiger partial charge in [0.1, 0.15) is 0 Å². The number of tetrazole rings is 1. The summed E-state index contributed by atoms with van der Waals surface area (Å²) in [6.07, 6.45) is 0. The Morgan fingerprint density at radius 2 is 1.75 bits per heavy atom. The minimum atomic E-state index is -3.30. The number of aromatic nitrogens is 4. The zero-order valence-electron chi connectivity index (χ0n) is 13.0. The lowest BCUT2D eigenvalue weighted by Crippen LogP contribution is -2.09. The molecular formula is C16H16N4O2S2. The van der Waals surface area contributed by atoms with E-state index in [0.717, 1.165) is 11.3 Å². The van der Waals surface area contributed by atoms with Crippen molar-refractivity contribution in [1.82, 2.24) is 20.2 Å². The topological polar surface area (TPSA) is 77.7 Å². The standard InChI is InChI=1S/C16H16N4O2S2/c1-13-7-9-14(10-8-13)20-16(17-18-19-20)23-11-12-24(21,22)15-5-3-2-4-6-15/h2-10H,11-12H2,1H3. The summed E-state index contributed by atoms with van der Waals surface area (Å²) in [6, 6.07) is 16.3. The van der Waals surface area contributed by atoms with Crippen LogP contribution in [0.3, 0.4) is 0 Å². The highest BCUT2D eigenvalue weighted by molar-refractivity contribution is 8.00. The lowest BCUT2D eigenvalue weighted by atomic mass is 10.2. The van der Waals surface area contributed by atoms with Gasteiger partial charge in [-0.05, 0) is 41.6 Å². The van der Waals surface area contributed by atoms with Gasteiger partial charge in [0, 0.05) is 5.75 Å². The molecule has 8 heteroatoms. The first-order valence-electron chi connectivity index (χ1n) is 7.32. The normalized spacial score (nSPS) is 11.5. The van der Waals surface area contributed by atoms with E-state index >= 15 is 0 Å². The second-order valence-electron chi connectivity index (χ2n) is 5.19. The molecule has 6 nitrogen and oxygen atoms in total. The van der Waals surface area contributed by atoms with Gasteiger partial charge in [0.15, 0.2) is 9.84 Å². The maximum absolute atomic E-state index is 12.3. The molecule has 3 rings (SSSR count). The maximum Gasteiger partial charge on any atom is 0.214 e. The first-order chi connectivity index (χ1) is 11.6. The van der Waals surface area contributed by atoms with Crippen molar-refractivity contribution in [3.8, 4) is 5.69 Å². The number of benzene rings is 2. The molecule has 0 spiro atoms. The molecule has 0 atom stereocenters. The molecule has 2 aromatic carbocycles. The summed E-state index contributed by atoms with van der Waals surface area (Å²) >= 11 is 1.32. The summed E-state index contributed by atoms with van der Waals surface area (Å²) < 4.78 is 26.2. The number of aryl methyl sites for hydroxylation is 1. The summed E-state index contributed by atoms with van der Waals surface area (Å²) in [5.41, 5.74) is 1.99. The highest BCUT2D eigenvalue weighted by Gasteiger charge is 2.15. The van der Waals surface area contributed by atoms with Crippen molar-refractivity contribution in [3.63, 3.8) is 0 Å². The van der Waals surface area contributed by atoms with Gasteiger partial charge in [-0.2, -0.15) is 4.68 Å². The van der Waals surface area contributed by atoms with E-state index < -0.39 is 9.84 Å². The first-order valence-corrected chi connectivity index (χ1v) is 9.96. The van der Waals surface area contributed by atoms with Gasteiger partial charge in [-0.15, -0.1) is 5.10 Å². The van der Waals surface area contributed by atoms with Crippen LogP contribution in [0.2, 0.25) is 0 Å². The summed E-state index contributed by atoms with van der Waals surface area (Å²) in [5.74, 6) is 0.409. The molecule has 3 aromatic rings. The molecule has 124 valence electrons. The largest absolute Gasteiger partial charge is 0.224 e. The molecule has 0 aliphatic heterocycles. The van der Waals surface area contributed by atoms with Crippen LogP contribution in [-0.4, -0.2) is 40.1 Å². The molecule has 0 fully saturated rings. The minimum absolute atomic E-state index is 0.0302. The van der Waals surface area contributed by atoms with Crippen molar-refractivity contribution in [3.05, 3.63) is 60.2 Å². The van der Waals surface area contributed by atoms with Crippen LogP contribution in [0.25, 0.3) is 5.69 Å². The number of nitrogens with zero attached hydrogens (tertiary/aromatic N) is 4. The van der Waals surface area contributed by atoms with E-state index in [-0.39, 0.29) is 5.75 Å². The van der Waals surface area contributed by atoms with Crippen LogP contribution in [0.1, 0.15) is 5.56 Å². The molecule has 0 amide bonds. The Balaban J connectivity index is 1.68. The molecule has 0 aliphatic rings. The van der Waals surface area contributed by atoms with E-state index in [0.29, 0.717) is 15.8 Å². The minimum Gasteiger partial charge on any atom is -0.224 e. The van der Waals surface area contributed by atoms with E-state index in [9.17, 15) is 8.42 Å². The van der Waals surface area contributed by atoms with E-state index in [1.807, 2.05) is 31.2 Å². The Morgan fingerprint density at radius 1 is 1.04 bits per heavy atom. The molecular weight excluding hydrogens is 344 g/mol. The van der Waals surface area contributed by atoms with Crippen molar-refractivity contribution in [2.45, 2.75) is 17.0 Å². The Morgan fingerprint density at radius 3 is 2.46 bits per heavy atom. The van der Waals surface area contributed by atoms with Crippen LogP contribution in [-0.2, 0) is 9.84 Å². The number of sulfone groups is 1. The molecule has 0 radical (unpaired) electrons. The fraction of sp³-hybridized carbons (Fsp3) is 0.188. The van der Waals surface area contributed by atoms with Crippen LogP contribution in [0, 0.1) is 6.92 Å². The molecule has 1 aromatic heterocycles. The molecule has 0 unspecified atom stereocenters. The van der Waals surface area contributed by atoms with Crippen LogP contribution in [0.4, 0.5) is 0 Å². The Bertz CT molecular complexity index is 907. The molecule has 0 aliphatic carbocycles. The monoisotopic (exact) mass is 360 g/mol. The third-order valence-electron chi connectivity index (χ3n) is 3.40. The molecule has 0 saturated carbocycles. The Hall–Kier alpha value is -2.19. The number of rotatable bonds is 6. The predicted octanol–water partition coefficient (Wildman–Crippen LogP) is 2.54. The van der Waals surface area contributed by atoms with Crippen LogP contribution in [0.15, 0.2) is 64.6 Å². The third kappa shape index (κ3) is 3.82. The molecule has 0 saturated heterocycles. The van der Waals surface area contributed by atoms with Gasteiger partial charge in [-0.1, -0.05) is 47.7 Å². The molecule has 1 heterocycles. The number of hydrogen-bond acceptors (Lipinski definition) is 6. The van der Waals surface area contributed by atoms with Crippen LogP contribution >= 0.6 is 11.8 Å². The smallest absolute Gasteiger partial charge is 0.214 e. The van der Waals surface area contributed by atoms with Gasteiger partial charge in [0.25, 0.3) is 0 Å². The lowest BCUT2D eigenvalue weighted by molar-refractivity contribution is 0.597. The van der Waals surface area contributed by atoms with Gasteiger partial charge in [-0.3, -0.25) is 0 Å². The summed E-state index contributed by atoms with van der Waals surface area (Å²) in [7, 11) is -3.30. The van der Waals surface area contributed by atoms with Gasteiger partial charge >= 0.3 is 0 Å². The number of hydrogen-bond donors (Lipinski definition) is 0. The zero-order valence-corrected chi connectivity index (χ0v) is 14.7. The average Bonchev–Trinajstić information content (AvgIpc) is 3.05. The fourth-order valence-electron chi connectivity index (χ4n) is 2.11. The SMILES string of the molecule is Cc1ccc(-n2nnnc2SCCS(=O)(=O)c2ccccc2)cc1. The Labute approximate surface area is 144 Å². The van der Waals surface area contributed by atoms with Gasteiger partial charge in [0.05, 0.1) is 16.3 Å². The molecule has 0 bridgehead atoms. The van der Waals surface area contributed by atoms with Crippen molar-refractivity contribution < 1.29 is 8.42 Å². The maximum atomic E-state index is 12.3. The molecule has 24 heavy (non-hydrogen) atoms. The van der Waals surface area contributed by atoms with E-state index in [2.05, 4.69) is 15.5 Å². The van der Waals surface area contributed by atoms with Crippen molar-refractivity contribution in [2.24, 2.45) is 0 Å². The first kappa shape index (κ1) is 16.7. The van der Waals surface area contributed by atoms with Crippen molar-refractivity contribution in [2.75, 3.05) is 11.5 Å².